The predicted molar refractivity (Wildman–Crippen MR) is 56.0 cm³/mol. The van der Waals surface area contributed by atoms with Crippen LogP contribution in [0.25, 0.3) is 0 Å². The molecule has 0 aromatic carbocycles. The van der Waals surface area contributed by atoms with Crippen LogP contribution in [0, 0.1) is 10.1 Å². The van der Waals surface area contributed by atoms with E-state index in [1.807, 2.05) is 20.8 Å². The fourth-order valence-electron chi connectivity index (χ4n) is 2.19. The lowest BCUT2D eigenvalue weighted by Gasteiger charge is -2.26. The van der Waals surface area contributed by atoms with Crippen LogP contribution < -0.4 is 0 Å². The average Bonchev–Trinajstić information content (AvgIpc) is 2.68. The Labute approximate surface area is 99.1 Å². The molecule has 2 saturated heterocycles. The van der Waals surface area contributed by atoms with E-state index < -0.39 is 17.3 Å². The Bertz CT molecular complexity index is 302. The summed E-state index contributed by atoms with van der Waals surface area (Å²) in [5.74, 6) is 0. The number of ether oxygens (including phenoxy) is 3. The molecule has 0 radical (unpaired) electrons. The Morgan fingerprint density at radius 2 is 1.71 bits per heavy atom. The molecule has 98 valence electrons. The maximum absolute atomic E-state index is 10.3. The van der Waals surface area contributed by atoms with Crippen LogP contribution in [-0.2, 0) is 19.0 Å². The van der Waals surface area contributed by atoms with Gasteiger partial charge in [0.15, 0.2) is 6.10 Å². The second kappa shape index (κ2) is 4.40. The van der Waals surface area contributed by atoms with Gasteiger partial charge in [0, 0.05) is 0 Å². The minimum Gasteiger partial charge on any atom is -0.370 e. The molecule has 2 fully saturated rings. The molecule has 2 heterocycles. The first-order valence-corrected chi connectivity index (χ1v) is 5.59. The predicted octanol–water partition coefficient (Wildman–Crippen LogP) is 0.545. The minimum atomic E-state index is -0.808. The van der Waals surface area contributed by atoms with Gasteiger partial charge < -0.3 is 19.0 Å². The van der Waals surface area contributed by atoms with Gasteiger partial charge in [-0.1, -0.05) is 0 Å². The zero-order valence-corrected chi connectivity index (χ0v) is 10.1. The van der Waals surface area contributed by atoms with E-state index in [9.17, 15) is 10.1 Å². The van der Waals surface area contributed by atoms with Crippen molar-refractivity contribution in [3.05, 3.63) is 10.1 Å². The van der Waals surface area contributed by atoms with Crippen molar-refractivity contribution in [2.24, 2.45) is 0 Å². The van der Waals surface area contributed by atoms with Crippen LogP contribution in [-0.4, -0.2) is 48.3 Å². The normalized spacial score (nSPS) is 36.9. The number of hydrogen-bond acceptors (Lipinski definition) is 6. The number of hydrogen-bond donors (Lipinski definition) is 0. The van der Waals surface area contributed by atoms with E-state index in [-0.39, 0.29) is 24.4 Å². The van der Waals surface area contributed by atoms with Gasteiger partial charge in [0.05, 0.1) is 18.8 Å². The molecule has 0 aromatic heterocycles. The highest BCUT2D eigenvalue weighted by Gasteiger charge is 2.50. The van der Waals surface area contributed by atoms with E-state index in [1.54, 1.807) is 0 Å². The van der Waals surface area contributed by atoms with Gasteiger partial charge in [-0.05, 0) is 20.8 Å². The Kier molecular flexibility index (Phi) is 3.24. The molecule has 7 heteroatoms. The Hall–Kier alpha value is -0.920. The summed E-state index contributed by atoms with van der Waals surface area (Å²) < 4.78 is 16.7. The highest BCUT2D eigenvalue weighted by Crippen LogP contribution is 2.32. The van der Waals surface area contributed by atoms with E-state index in [2.05, 4.69) is 4.84 Å². The molecule has 2 rings (SSSR count). The Morgan fingerprint density at radius 3 is 2.24 bits per heavy atom. The molecule has 0 saturated carbocycles. The van der Waals surface area contributed by atoms with E-state index in [0.29, 0.717) is 6.61 Å². The van der Waals surface area contributed by atoms with Crippen molar-refractivity contribution in [3.8, 4) is 0 Å². The van der Waals surface area contributed by atoms with E-state index in [4.69, 9.17) is 14.2 Å². The number of fused-ring (bicyclic) bond motifs is 1. The SMILES string of the molecule is CC(C)(C)OC1COC2C(O[N+](=O)[O-])COC12. The van der Waals surface area contributed by atoms with Crippen LogP contribution in [0.2, 0.25) is 0 Å². The monoisotopic (exact) mass is 247 g/mol. The standard InChI is InChI=1S/C10H17NO6/c1-10(2,3)16-6-4-14-9-7(17-11(12)13)5-15-8(6)9/h6-9H,4-5H2,1-3H3. The third-order valence-corrected chi connectivity index (χ3v) is 2.69. The summed E-state index contributed by atoms with van der Waals surface area (Å²) in [6.07, 6.45) is -1.53. The van der Waals surface area contributed by atoms with Crippen LogP contribution in [0.3, 0.4) is 0 Å². The second-order valence-electron chi connectivity index (χ2n) is 5.23. The molecule has 2 aliphatic rings. The van der Waals surface area contributed by atoms with Crippen molar-refractivity contribution in [1.29, 1.82) is 0 Å². The number of rotatable bonds is 3. The molecule has 0 aliphatic carbocycles. The molecule has 0 bridgehead atoms. The van der Waals surface area contributed by atoms with Gasteiger partial charge in [0.25, 0.3) is 5.09 Å². The quantitative estimate of drug-likeness (QED) is 0.535. The van der Waals surface area contributed by atoms with Crippen LogP contribution in [0.5, 0.6) is 0 Å². The molecule has 2 aliphatic heterocycles. The van der Waals surface area contributed by atoms with Gasteiger partial charge in [-0.15, -0.1) is 10.1 Å². The van der Waals surface area contributed by atoms with E-state index in [1.165, 1.54) is 0 Å². The summed E-state index contributed by atoms with van der Waals surface area (Å²) in [7, 11) is 0. The van der Waals surface area contributed by atoms with Crippen molar-refractivity contribution in [2.45, 2.75) is 50.8 Å². The van der Waals surface area contributed by atoms with Gasteiger partial charge >= 0.3 is 0 Å². The third kappa shape index (κ3) is 2.85. The fourth-order valence-corrected chi connectivity index (χ4v) is 2.19. The van der Waals surface area contributed by atoms with Crippen molar-refractivity contribution in [2.75, 3.05) is 13.2 Å². The zero-order chi connectivity index (χ0) is 12.6. The first-order chi connectivity index (χ1) is 7.87. The Morgan fingerprint density at radius 1 is 1.18 bits per heavy atom. The lowest BCUT2D eigenvalue weighted by atomic mass is 10.1. The molecular weight excluding hydrogens is 230 g/mol. The molecule has 0 amide bonds. The molecule has 4 unspecified atom stereocenters. The van der Waals surface area contributed by atoms with Crippen molar-refractivity contribution in [3.63, 3.8) is 0 Å². The molecule has 7 nitrogen and oxygen atoms in total. The van der Waals surface area contributed by atoms with Crippen LogP contribution >= 0.6 is 0 Å². The molecule has 4 atom stereocenters. The summed E-state index contributed by atoms with van der Waals surface area (Å²) in [5.41, 5.74) is -0.297. The minimum absolute atomic E-state index is 0.167. The Balaban J connectivity index is 1.95. The second-order valence-corrected chi connectivity index (χ2v) is 5.23. The highest BCUT2D eigenvalue weighted by molar-refractivity contribution is 4.96. The first kappa shape index (κ1) is 12.5. The molecule has 0 N–H and O–H groups in total. The lowest BCUT2D eigenvalue weighted by Crippen LogP contribution is -2.38. The van der Waals surface area contributed by atoms with Crippen LogP contribution in [0.1, 0.15) is 20.8 Å². The topological polar surface area (TPSA) is 80.1 Å². The van der Waals surface area contributed by atoms with Crippen LogP contribution in [0.15, 0.2) is 0 Å². The number of nitrogens with zero attached hydrogens (tertiary/aromatic N) is 1. The zero-order valence-electron chi connectivity index (χ0n) is 10.1. The highest BCUT2D eigenvalue weighted by atomic mass is 17.0. The van der Waals surface area contributed by atoms with Crippen molar-refractivity contribution in [1.82, 2.24) is 0 Å². The summed E-state index contributed by atoms with van der Waals surface area (Å²) in [4.78, 5) is 14.8. The van der Waals surface area contributed by atoms with E-state index >= 15 is 0 Å². The molecule has 17 heavy (non-hydrogen) atoms. The smallest absolute Gasteiger partial charge is 0.294 e. The summed E-state index contributed by atoms with van der Waals surface area (Å²) >= 11 is 0. The summed E-state index contributed by atoms with van der Waals surface area (Å²) in [5, 5.41) is 9.49. The molecular formula is C10H17NO6. The van der Waals surface area contributed by atoms with Crippen LogP contribution in [0.4, 0.5) is 0 Å². The van der Waals surface area contributed by atoms with E-state index in [0.717, 1.165) is 0 Å². The fraction of sp³-hybridized carbons (Fsp3) is 1.00. The average molecular weight is 247 g/mol. The van der Waals surface area contributed by atoms with Gasteiger partial charge in [-0.25, -0.2) is 0 Å². The summed E-state index contributed by atoms with van der Waals surface area (Å²) in [6, 6.07) is 0. The van der Waals surface area contributed by atoms with Crippen molar-refractivity contribution < 1.29 is 24.1 Å². The van der Waals surface area contributed by atoms with Crippen molar-refractivity contribution >= 4 is 0 Å². The maximum Gasteiger partial charge on any atom is 0.294 e. The van der Waals surface area contributed by atoms with Gasteiger partial charge in [0.2, 0.25) is 0 Å². The van der Waals surface area contributed by atoms with Gasteiger partial charge in [-0.2, -0.15) is 0 Å². The largest absolute Gasteiger partial charge is 0.370 e. The summed E-state index contributed by atoms with van der Waals surface area (Å²) in [6.45, 7) is 6.38. The molecule has 0 aromatic rings. The lowest BCUT2D eigenvalue weighted by molar-refractivity contribution is -0.769. The third-order valence-electron chi connectivity index (χ3n) is 2.69. The maximum atomic E-state index is 10.3. The van der Waals surface area contributed by atoms with Gasteiger partial charge in [-0.3, -0.25) is 0 Å². The first-order valence-electron chi connectivity index (χ1n) is 5.59. The van der Waals surface area contributed by atoms with Gasteiger partial charge in [0.1, 0.15) is 18.3 Å². The molecule has 0 spiro atoms.